The number of benzene rings is 1. The van der Waals surface area contributed by atoms with Crippen LogP contribution in [0.2, 0.25) is 0 Å². The molecule has 0 bridgehead atoms. The maximum atomic E-state index is 11.9. The Balaban J connectivity index is 1.98. The topological polar surface area (TPSA) is 41.1 Å². The Morgan fingerprint density at radius 3 is 2.69 bits per heavy atom. The number of carbonyl (C=O) groups excluding carboxylic acids is 1. The van der Waals surface area contributed by atoms with Crippen LogP contribution in [0.4, 0.5) is 0 Å². The maximum absolute atomic E-state index is 11.9. The second-order valence-electron chi connectivity index (χ2n) is 4.44. The molecule has 82 valence electrons. The first kappa shape index (κ1) is 9.78. The second-order valence-corrected chi connectivity index (χ2v) is 4.84. The number of fused-ring (bicyclic) bond motifs is 1. The highest BCUT2D eigenvalue weighted by molar-refractivity contribution is 7.80. The van der Waals surface area contributed by atoms with Crippen LogP contribution in [0, 0.1) is 0 Å². The zero-order chi connectivity index (χ0) is 11.2. The summed E-state index contributed by atoms with van der Waals surface area (Å²) < 4.78 is 0. The van der Waals surface area contributed by atoms with E-state index in [9.17, 15) is 4.79 Å². The van der Waals surface area contributed by atoms with Gasteiger partial charge in [0.25, 0.3) is 5.91 Å². The van der Waals surface area contributed by atoms with E-state index in [2.05, 4.69) is 22.8 Å². The van der Waals surface area contributed by atoms with Crippen LogP contribution in [0.1, 0.15) is 17.5 Å². The molecule has 1 heterocycles. The normalized spacial score (nSPS) is 27.5. The molecule has 1 aromatic carbocycles. The van der Waals surface area contributed by atoms with Gasteiger partial charge in [0, 0.05) is 6.42 Å². The minimum Gasteiger partial charge on any atom is -0.348 e. The van der Waals surface area contributed by atoms with Crippen molar-refractivity contribution in [3.8, 4) is 0 Å². The standard InChI is InChI=1S/C12H12N2OS/c15-10-12(14-11(16)13-10)6-5-8-3-1-2-4-9(8)7-12/h1-4H,5-7H2,(H2,13,14,15,16). The Bertz CT molecular complexity index is 486. The van der Waals surface area contributed by atoms with E-state index in [1.807, 2.05) is 12.1 Å². The molecule has 0 radical (unpaired) electrons. The van der Waals surface area contributed by atoms with Gasteiger partial charge in [-0.1, -0.05) is 24.3 Å². The minimum absolute atomic E-state index is 0.0204. The highest BCUT2D eigenvalue weighted by Gasteiger charge is 2.46. The van der Waals surface area contributed by atoms with Crippen LogP contribution in [0.5, 0.6) is 0 Å². The van der Waals surface area contributed by atoms with Gasteiger partial charge in [-0.15, -0.1) is 0 Å². The predicted molar refractivity (Wildman–Crippen MR) is 65.1 cm³/mol. The highest BCUT2D eigenvalue weighted by atomic mass is 32.1. The molecule has 0 aromatic heterocycles. The summed E-state index contributed by atoms with van der Waals surface area (Å²) in [7, 11) is 0. The lowest BCUT2D eigenvalue weighted by Crippen LogP contribution is -2.51. The largest absolute Gasteiger partial charge is 0.348 e. The van der Waals surface area contributed by atoms with Crippen molar-refractivity contribution in [1.82, 2.24) is 10.6 Å². The van der Waals surface area contributed by atoms with Gasteiger partial charge in [0.1, 0.15) is 5.54 Å². The molecule has 1 aliphatic carbocycles. The number of carbonyl (C=O) groups is 1. The van der Waals surface area contributed by atoms with E-state index in [4.69, 9.17) is 12.2 Å². The number of hydrogen-bond acceptors (Lipinski definition) is 2. The van der Waals surface area contributed by atoms with E-state index in [0.29, 0.717) is 5.11 Å². The number of hydrogen-bond donors (Lipinski definition) is 2. The molecular formula is C12H12N2OS. The van der Waals surface area contributed by atoms with Gasteiger partial charge in [0.15, 0.2) is 5.11 Å². The van der Waals surface area contributed by atoms with Gasteiger partial charge in [-0.05, 0) is 36.2 Å². The van der Waals surface area contributed by atoms with E-state index < -0.39 is 5.54 Å². The monoisotopic (exact) mass is 232 g/mol. The Morgan fingerprint density at radius 1 is 1.25 bits per heavy atom. The van der Waals surface area contributed by atoms with Crippen molar-refractivity contribution in [1.29, 1.82) is 0 Å². The zero-order valence-electron chi connectivity index (χ0n) is 8.75. The molecule has 16 heavy (non-hydrogen) atoms. The van der Waals surface area contributed by atoms with Gasteiger partial charge < -0.3 is 10.6 Å². The molecule has 2 N–H and O–H groups in total. The lowest BCUT2D eigenvalue weighted by Gasteiger charge is -2.32. The first-order chi connectivity index (χ1) is 7.70. The molecule has 1 aliphatic heterocycles. The predicted octanol–water partition coefficient (Wildman–Crippen LogP) is 0.918. The van der Waals surface area contributed by atoms with E-state index in [1.54, 1.807) is 0 Å². The van der Waals surface area contributed by atoms with Gasteiger partial charge in [-0.3, -0.25) is 4.79 Å². The molecule has 1 aromatic rings. The van der Waals surface area contributed by atoms with Crippen molar-refractivity contribution in [2.45, 2.75) is 24.8 Å². The van der Waals surface area contributed by atoms with Gasteiger partial charge in [0.2, 0.25) is 0 Å². The van der Waals surface area contributed by atoms with Crippen molar-refractivity contribution < 1.29 is 4.79 Å². The molecule has 1 spiro atoms. The first-order valence-corrected chi connectivity index (χ1v) is 5.81. The first-order valence-electron chi connectivity index (χ1n) is 5.40. The van der Waals surface area contributed by atoms with E-state index >= 15 is 0 Å². The van der Waals surface area contributed by atoms with Crippen molar-refractivity contribution in [2.75, 3.05) is 0 Å². The lowest BCUT2D eigenvalue weighted by atomic mass is 9.78. The molecule has 3 nitrogen and oxygen atoms in total. The molecule has 3 rings (SSSR count). The van der Waals surface area contributed by atoms with Crippen molar-refractivity contribution in [3.63, 3.8) is 0 Å². The summed E-state index contributed by atoms with van der Waals surface area (Å²) in [5.74, 6) is 0.0204. The van der Waals surface area contributed by atoms with E-state index in [-0.39, 0.29) is 5.91 Å². The van der Waals surface area contributed by atoms with Crippen LogP contribution >= 0.6 is 12.2 Å². The van der Waals surface area contributed by atoms with Crippen LogP contribution in [0.3, 0.4) is 0 Å². The summed E-state index contributed by atoms with van der Waals surface area (Å²) in [6.07, 6.45) is 2.48. The van der Waals surface area contributed by atoms with Gasteiger partial charge in [0.05, 0.1) is 0 Å². The van der Waals surface area contributed by atoms with Crippen LogP contribution in [-0.2, 0) is 17.6 Å². The van der Waals surface area contributed by atoms with Gasteiger partial charge in [-0.25, -0.2) is 0 Å². The molecule has 1 saturated heterocycles. The third kappa shape index (κ3) is 1.33. The molecule has 1 unspecified atom stereocenters. The molecule has 2 aliphatic rings. The summed E-state index contributed by atoms with van der Waals surface area (Å²) in [5.41, 5.74) is 2.10. The van der Waals surface area contributed by atoms with Crippen LogP contribution in [-0.4, -0.2) is 16.6 Å². The molecule has 1 amide bonds. The Morgan fingerprint density at radius 2 is 2.00 bits per heavy atom. The molecule has 4 heteroatoms. The fourth-order valence-electron chi connectivity index (χ4n) is 2.56. The summed E-state index contributed by atoms with van der Waals surface area (Å²) >= 11 is 5.01. The molecule has 0 saturated carbocycles. The molecule has 1 atom stereocenters. The average Bonchev–Trinajstić information content (AvgIpc) is 2.53. The highest BCUT2D eigenvalue weighted by Crippen LogP contribution is 2.30. The van der Waals surface area contributed by atoms with Crippen LogP contribution in [0.25, 0.3) is 0 Å². The number of rotatable bonds is 0. The number of nitrogens with one attached hydrogen (secondary N) is 2. The maximum Gasteiger partial charge on any atom is 0.252 e. The van der Waals surface area contributed by atoms with E-state index in [1.165, 1.54) is 11.1 Å². The Labute approximate surface area is 99.2 Å². The SMILES string of the molecule is O=C1NC(=S)NC12CCc1ccccc1C2. The third-order valence-corrected chi connectivity index (χ3v) is 3.65. The Kier molecular flexibility index (Phi) is 2.01. The smallest absolute Gasteiger partial charge is 0.252 e. The van der Waals surface area contributed by atoms with Crippen molar-refractivity contribution in [2.24, 2.45) is 0 Å². The summed E-state index contributed by atoms with van der Waals surface area (Å²) in [4.78, 5) is 11.9. The zero-order valence-corrected chi connectivity index (χ0v) is 9.56. The summed E-state index contributed by atoms with van der Waals surface area (Å²) in [6, 6.07) is 8.28. The van der Waals surface area contributed by atoms with Gasteiger partial charge >= 0.3 is 0 Å². The summed E-state index contributed by atoms with van der Waals surface area (Å²) in [5, 5.41) is 6.28. The van der Waals surface area contributed by atoms with Crippen LogP contribution in [0.15, 0.2) is 24.3 Å². The second kappa shape index (κ2) is 3.28. The third-order valence-electron chi connectivity index (χ3n) is 3.45. The van der Waals surface area contributed by atoms with Crippen LogP contribution < -0.4 is 10.6 Å². The fourth-order valence-corrected chi connectivity index (χ4v) is 2.85. The number of thiocarbonyl (C=S) groups is 1. The number of aryl methyl sites for hydroxylation is 1. The van der Waals surface area contributed by atoms with E-state index in [0.717, 1.165) is 19.3 Å². The molecular weight excluding hydrogens is 220 g/mol. The Hall–Kier alpha value is -1.42. The van der Waals surface area contributed by atoms with Gasteiger partial charge in [-0.2, -0.15) is 0 Å². The fraction of sp³-hybridized carbons (Fsp3) is 0.333. The number of amides is 1. The average molecular weight is 232 g/mol. The molecule has 1 fully saturated rings. The summed E-state index contributed by atoms with van der Waals surface area (Å²) in [6.45, 7) is 0. The minimum atomic E-state index is -0.495. The van der Waals surface area contributed by atoms with Crippen molar-refractivity contribution >= 4 is 23.2 Å². The van der Waals surface area contributed by atoms with Crippen molar-refractivity contribution in [3.05, 3.63) is 35.4 Å². The lowest BCUT2D eigenvalue weighted by molar-refractivity contribution is -0.124. The quantitative estimate of drug-likeness (QED) is 0.654.